The van der Waals surface area contributed by atoms with Crippen LogP contribution in [0.25, 0.3) is 0 Å². The van der Waals surface area contributed by atoms with Gasteiger partial charge in [-0.3, -0.25) is 9.79 Å². The minimum Gasteiger partial charge on any atom is -0.497 e. The van der Waals surface area contributed by atoms with E-state index in [4.69, 9.17) is 31.1 Å². The smallest absolute Gasteiger partial charge is 0.234 e. The van der Waals surface area contributed by atoms with E-state index in [9.17, 15) is 4.79 Å². The number of aliphatic imine (C=N–C) groups is 2. The number of methoxy groups -OCH3 is 2. The quantitative estimate of drug-likeness (QED) is 0.656. The van der Waals surface area contributed by atoms with E-state index < -0.39 is 5.66 Å². The van der Waals surface area contributed by atoms with E-state index in [1.54, 1.807) is 32.4 Å². The predicted octanol–water partition coefficient (Wildman–Crippen LogP) is 4.35. The van der Waals surface area contributed by atoms with Crippen molar-refractivity contribution < 1.29 is 14.3 Å². The summed E-state index contributed by atoms with van der Waals surface area (Å²) in [7, 11) is 5.26. The first-order chi connectivity index (χ1) is 15.9. The van der Waals surface area contributed by atoms with Gasteiger partial charge in [0.05, 0.1) is 25.7 Å². The molecule has 174 valence electrons. The van der Waals surface area contributed by atoms with Gasteiger partial charge in [-0.05, 0) is 19.2 Å². The first-order valence-corrected chi connectivity index (χ1v) is 12.1. The summed E-state index contributed by atoms with van der Waals surface area (Å²) in [5, 5.41) is 4.38. The number of rotatable bonds is 6. The molecule has 1 amide bonds. The van der Waals surface area contributed by atoms with Crippen LogP contribution in [0.15, 0.2) is 52.4 Å². The highest BCUT2D eigenvalue weighted by molar-refractivity contribution is 8.16. The van der Waals surface area contributed by atoms with Crippen LogP contribution in [0.5, 0.6) is 11.5 Å². The summed E-state index contributed by atoms with van der Waals surface area (Å²) in [6, 6.07) is 12.9. The van der Waals surface area contributed by atoms with E-state index in [-0.39, 0.29) is 11.7 Å². The van der Waals surface area contributed by atoms with Crippen molar-refractivity contribution in [2.24, 2.45) is 9.98 Å². The lowest BCUT2D eigenvalue weighted by atomic mass is 9.99. The summed E-state index contributed by atoms with van der Waals surface area (Å²) in [5.41, 5.74) is 1.96. The number of hydrogen-bond acceptors (Lipinski definition) is 7. The highest BCUT2D eigenvalue weighted by Gasteiger charge is 2.39. The molecular weight excluding hydrogens is 460 g/mol. The predicted molar refractivity (Wildman–Crippen MR) is 136 cm³/mol. The van der Waals surface area contributed by atoms with Gasteiger partial charge in [0.2, 0.25) is 5.91 Å². The number of carbonyl (C=O) groups excluding carboxylic acids is 1. The molecule has 2 aromatic carbocycles. The molecule has 1 saturated heterocycles. The fourth-order valence-corrected chi connectivity index (χ4v) is 4.83. The van der Waals surface area contributed by atoms with Gasteiger partial charge in [-0.2, -0.15) is 0 Å². The third kappa shape index (κ3) is 5.69. The molecule has 0 radical (unpaired) electrons. The van der Waals surface area contributed by atoms with Crippen LogP contribution in [-0.2, 0) is 4.79 Å². The molecule has 1 fully saturated rings. The van der Waals surface area contributed by atoms with E-state index in [0.29, 0.717) is 22.2 Å². The maximum absolute atomic E-state index is 12.7. The van der Waals surface area contributed by atoms with Crippen molar-refractivity contribution in [3.8, 4) is 11.5 Å². The lowest BCUT2D eigenvalue weighted by Crippen LogP contribution is -2.39. The molecule has 0 atom stereocenters. The van der Waals surface area contributed by atoms with E-state index in [1.807, 2.05) is 24.3 Å². The number of halogens is 1. The summed E-state index contributed by atoms with van der Waals surface area (Å²) >= 11 is 7.49. The average Bonchev–Trinajstić information content (AvgIpc) is 3.18. The van der Waals surface area contributed by atoms with E-state index in [1.165, 1.54) is 11.8 Å². The van der Waals surface area contributed by atoms with Gasteiger partial charge >= 0.3 is 0 Å². The number of anilines is 1. The van der Waals surface area contributed by atoms with Crippen LogP contribution in [0.1, 0.15) is 18.4 Å². The average molecular weight is 487 g/mol. The lowest BCUT2D eigenvalue weighted by Gasteiger charge is -2.33. The molecule has 2 aliphatic heterocycles. The van der Waals surface area contributed by atoms with Crippen molar-refractivity contribution in [2.45, 2.75) is 18.5 Å². The van der Waals surface area contributed by atoms with Gasteiger partial charge < -0.3 is 19.7 Å². The molecule has 2 aromatic rings. The van der Waals surface area contributed by atoms with Crippen molar-refractivity contribution in [1.82, 2.24) is 4.90 Å². The molecule has 0 bridgehead atoms. The van der Waals surface area contributed by atoms with Crippen LogP contribution < -0.4 is 14.8 Å². The number of benzene rings is 2. The Kier molecular flexibility index (Phi) is 7.26. The summed E-state index contributed by atoms with van der Waals surface area (Å²) in [6.07, 6.45) is 1.72. The molecule has 4 rings (SSSR count). The molecular formula is C24H27ClN4O3S. The highest BCUT2D eigenvalue weighted by Crippen LogP contribution is 2.35. The normalized spacial score (nSPS) is 17.5. The summed E-state index contributed by atoms with van der Waals surface area (Å²) < 4.78 is 10.6. The lowest BCUT2D eigenvalue weighted by molar-refractivity contribution is -0.113. The van der Waals surface area contributed by atoms with E-state index in [0.717, 1.165) is 42.3 Å². The second-order valence-electron chi connectivity index (χ2n) is 8.11. The molecule has 0 unspecified atom stereocenters. The Labute approximate surface area is 203 Å². The fourth-order valence-electron chi connectivity index (χ4n) is 3.83. The summed E-state index contributed by atoms with van der Waals surface area (Å²) in [6.45, 7) is 1.88. The zero-order valence-electron chi connectivity index (χ0n) is 18.9. The third-order valence-electron chi connectivity index (χ3n) is 5.71. The van der Waals surface area contributed by atoms with Crippen LogP contribution in [0.4, 0.5) is 5.69 Å². The Bertz CT molecular complexity index is 1060. The van der Waals surface area contributed by atoms with Crippen LogP contribution in [0.2, 0.25) is 5.02 Å². The van der Waals surface area contributed by atoms with Gasteiger partial charge in [-0.15, -0.1) is 0 Å². The van der Waals surface area contributed by atoms with Gasteiger partial charge in [-0.25, -0.2) is 4.99 Å². The molecule has 33 heavy (non-hydrogen) atoms. The number of nitrogens with one attached hydrogen (secondary N) is 1. The van der Waals surface area contributed by atoms with Gasteiger partial charge in [0.1, 0.15) is 16.5 Å². The minimum absolute atomic E-state index is 0.141. The van der Waals surface area contributed by atoms with Gasteiger partial charge in [-0.1, -0.05) is 35.5 Å². The Morgan fingerprint density at radius 3 is 2.33 bits per heavy atom. The van der Waals surface area contributed by atoms with Crippen LogP contribution in [-0.4, -0.2) is 67.3 Å². The molecule has 0 aliphatic carbocycles. The topological polar surface area (TPSA) is 75.5 Å². The Morgan fingerprint density at radius 1 is 1.09 bits per heavy atom. The molecule has 9 heteroatoms. The fraction of sp³-hybridized carbons (Fsp3) is 0.375. The van der Waals surface area contributed by atoms with Crippen LogP contribution in [0, 0.1) is 0 Å². The molecule has 0 saturated carbocycles. The summed E-state index contributed by atoms with van der Waals surface area (Å²) in [4.78, 5) is 25.1. The standard InChI is InChI=1S/C24H27ClN4O3S/c1-29-10-8-24(9-11-29)27-22(16-4-6-17(25)7-5-16)23(28-24)33-15-21(30)26-18-12-19(31-2)14-20(13-18)32-3/h4-7,12-14H,8-11,15H2,1-3H3,(H,26,30). The molecule has 0 aromatic heterocycles. The monoisotopic (exact) mass is 486 g/mol. The number of likely N-dealkylation sites (tertiary alicyclic amines) is 1. The number of carbonyl (C=O) groups is 1. The minimum atomic E-state index is -0.444. The number of hydrogen-bond donors (Lipinski definition) is 1. The number of thioether (sulfide) groups is 1. The van der Waals surface area contributed by atoms with E-state index >= 15 is 0 Å². The van der Waals surface area contributed by atoms with Crippen molar-refractivity contribution in [3.05, 3.63) is 53.1 Å². The SMILES string of the molecule is COc1cc(NC(=O)CSC2=NC3(CCN(C)CC3)N=C2c2ccc(Cl)cc2)cc(OC)c1. The highest BCUT2D eigenvalue weighted by atomic mass is 35.5. The van der Waals surface area contributed by atoms with Crippen molar-refractivity contribution in [1.29, 1.82) is 0 Å². The molecule has 1 spiro atoms. The first-order valence-electron chi connectivity index (χ1n) is 10.7. The van der Waals surface area contributed by atoms with Crippen molar-refractivity contribution >= 4 is 45.7 Å². The Balaban J connectivity index is 1.50. The van der Waals surface area contributed by atoms with Crippen molar-refractivity contribution in [2.75, 3.05) is 45.4 Å². The maximum Gasteiger partial charge on any atom is 0.234 e. The molecule has 1 N–H and O–H groups in total. The largest absolute Gasteiger partial charge is 0.497 e. The maximum atomic E-state index is 12.7. The van der Waals surface area contributed by atoms with Crippen LogP contribution in [0.3, 0.4) is 0 Å². The number of amides is 1. The van der Waals surface area contributed by atoms with Gasteiger partial charge in [0, 0.05) is 60.4 Å². The van der Waals surface area contributed by atoms with Crippen molar-refractivity contribution in [3.63, 3.8) is 0 Å². The first kappa shape index (κ1) is 23.6. The van der Waals surface area contributed by atoms with Gasteiger partial charge in [0.15, 0.2) is 5.66 Å². The van der Waals surface area contributed by atoms with Gasteiger partial charge in [0.25, 0.3) is 0 Å². The number of piperidine rings is 1. The Morgan fingerprint density at radius 2 is 1.73 bits per heavy atom. The summed E-state index contributed by atoms with van der Waals surface area (Å²) in [5.74, 6) is 1.29. The third-order valence-corrected chi connectivity index (χ3v) is 6.93. The molecule has 7 nitrogen and oxygen atoms in total. The second kappa shape index (κ2) is 10.2. The Hall–Kier alpha value is -2.55. The zero-order valence-corrected chi connectivity index (χ0v) is 20.5. The number of nitrogens with zero attached hydrogens (tertiary/aromatic N) is 3. The molecule has 2 aliphatic rings. The van der Waals surface area contributed by atoms with Crippen LogP contribution >= 0.6 is 23.4 Å². The number of ether oxygens (including phenoxy) is 2. The molecule has 2 heterocycles. The van der Waals surface area contributed by atoms with E-state index in [2.05, 4.69) is 17.3 Å². The second-order valence-corrected chi connectivity index (χ2v) is 9.51. The zero-order chi connectivity index (χ0) is 23.4.